The topological polar surface area (TPSA) is 131 Å². The van der Waals surface area contributed by atoms with E-state index in [1.165, 1.54) is 30.9 Å². The number of nitrogens with one attached hydrogen (secondary N) is 1. The summed E-state index contributed by atoms with van der Waals surface area (Å²) in [6.45, 7) is 0. The predicted octanol–water partition coefficient (Wildman–Crippen LogP) is 0.444. The van der Waals surface area contributed by atoms with Crippen LogP contribution in [0.2, 0.25) is 0 Å². The van der Waals surface area contributed by atoms with Gasteiger partial charge in [0.05, 0.1) is 5.69 Å². The molecule has 4 N–H and O–H groups in total. The number of nitrogen functional groups attached to an aromatic ring is 1. The van der Waals surface area contributed by atoms with E-state index >= 15 is 0 Å². The van der Waals surface area contributed by atoms with Gasteiger partial charge in [0.2, 0.25) is 5.95 Å². The Morgan fingerprint density at radius 2 is 1.89 bits per heavy atom. The molecule has 8 nitrogen and oxygen atoms in total. The minimum absolute atomic E-state index is 0.0429. The average molecular weight is 267 g/mol. The van der Waals surface area contributed by atoms with Gasteiger partial charge in [0.15, 0.2) is 0 Å². The second-order valence-corrected chi connectivity index (χ2v) is 4.70. The summed E-state index contributed by atoms with van der Waals surface area (Å²) >= 11 is 0. The zero-order valence-electron chi connectivity index (χ0n) is 8.98. The van der Waals surface area contributed by atoms with Gasteiger partial charge in [-0.25, -0.2) is 15.0 Å². The summed E-state index contributed by atoms with van der Waals surface area (Å²) in [5, 5.41) is 2.75. The third kappa shape index (κ3) is 2.70. The molecule has 0 aliphatic heterocycles. The summed E-state index contributed by atoms with van der Waals surface area (Å²) in [6, 6.07) is 4.08. The lowest BCUT2D eigenvalue weighted by molar-refractivity contribution is 0.483. The van der Waals surface area contributed by atoms with E-state index in [4.69, 9.17) is 10.3 Å². The van der Waals surface area contributed by atoms with E-state index in [0.717, 1.165) is 0 Å². The van der Waals surface area contributed by atoms with E-state index in [9.17, 15) is 8.42 Å². The van der Waals surface area contributed by atoms with Gasteiger partial charge >= 0.3 is 0 Å². The average Bonchev–Trinajstić information content (AvgIpc) is 2.31. The Bertz CT molecular complexity index is 659. The van der Waals surface area contributed by atoms with Crippen molar-refractivity contribution in [3.63, 3.8) is 0 Å². The monoisotopic (exact) mass is 267 g/mol. The number of rotatable bonds is 3. The fourth-order valence-corrected chi connectivity index (χ4v) is 1.91. The Morgan fingerprint density at radius 1 is 1.22 bits per heavy atom. The molecular weight excluding hydrogens is 258 g/mol. The molecule has 1 aromatic heterocycles. The highest BCUT2D eigenvalue weighted by Crippen LogP contribution is 2.23. The molecule has 0 spiro atoms. The molecule has 1 heterocycles. The van der Waals surface area contributed by atoms with Crippen molar-refractivity contribution in [1.29, 1.82) is 0 Å². The van der Waals surface area contributed by atoms with Crippen molar-refractivity contribution in [2.45, 2.75) is 4.90 Å². The molecule has 0 fully saturated rings. The van der Waals surface area contributed by atoms with E-state index < -0.39 is 10.1 Å². The molecule has 18 heavy (non-hydrogen) atoms. The Morgan fingerprint density at radius 3 is 2.50 bits per heavy atom. The first-order valence-corrected chi connectivity index (χ1v) is 6.17. The van der Waals surface area contributed by atoms with Gasteiger partial charge in [-0.1, -0.05) is 0 Å². The Labute approximate surface area is 103 Å². The van der Waals surface area contributed by atoms with Crippen LogP contribution in [0.25, 0.3) is 0 Å². The Hall–Kier alpha value is -2.26. The van der Waals surface area contributed by atoms with Crippen LogP contribution in [0, 0.1) is 0 Å². The van der Waals surface area contributed by atoms with Crippen LogP contribution < -0.4 is 11.1 Å². The number of benzene rings is 1. The van der Waals surface area contributed by atoms with Crippen molar-refractivity contribution in [3.8, 4) is 0 Å². The van der Waals surface area contributed by atoms with Gasteiger partial charge in [0.1, 0.15) is 17.6 Å². The van der Waals surface area contributed by atoms with Crippen LogP contribution in [-0.2, 0) is 10.1 Å². The second-order valence-electron chi connectivity index (χ2n) is 3.31. The minimum atomic E-state index is -4.37. The zero-order valence-corrected chi connectivity index (χ0v) is 9.79. The fraction of sp³-hybridized carbons (Fsp3) is 0. The van der Waals surface area contributed by atoms with Crippen molar-refractivity contribution in [3.05, 3.63) is 30.9 Å². The molecule has 0 saturated heterocycles. The lowest BCUT2D eigenvalue weighted by Crippen LogP contribution is -2.04. The molecule has 0 saturated carbocycles. The van der Waals surface area contributed by atoms with E-state index in [1.54, 1.807) is 0 Å². The van der Waals surface area contributed by atoms with Crippen LogP contribution in [0.4, 0.5) is 17.3 Å². The SMILES string of the molecule is Nc1ccc(Nc2ncncn2)cc1S(=O)(=O)O. The Balaban J connectivity index is 2.37. The van der Waals surface area contributed by atoms with Crippen LogP contribution in [0.1, 0.15) is 0 Å². The summed E-state index contributed by atoms with van der Waals surface area (Å²) in [6.07, 6.45) is 2.58. The highest BCUT2D eigenvalue weighted by molar-refractivity contribution is 7.86. The fourth-order valence-electron chi connectivity index (χ4n) is 1.27. The largest absolute Gasteiger partial charge is 0.398 e. The summed E-state index contributed by atoms with van der Waals surface area (Å²) in [4.78, 5) is 10.9. The third-order valence-corrected chi connectivity index (χ3v) is 2.95. The normalized spacial score (nSPS) is 11.2. The van der Waals surface area contributed by atoms with Crippen LogP contribution >= 0.6 is 0 Å². The molecule has 0 bridgehead atoms. The number of anilines is 3. The predicted molar refractivity (Wildman–Crippen MR) is 63.8 cm³/mol. The first-order valence-electron chi connectivity index (χ1n) is 4.73. The van der Waals surface area contributed by atoms with Crippen molar-refractivity contribution >= 4 is 27.4 Å². The number of nitrogens with two attached hydrogens (primary N) is 1. The van der Waals surface area contributed by atoms with Crippen LogP contribution in [0.3, 0.4) is 0 Å². The molecule has 0 unspecified atom stereocenters. The van der Waals surface area contributed by atoms with Gasteiger partial charge in [-0.05, 0) is 18.2 Å². The smallest absolute Gasteiger partial charge is 0.296 e. The standard InChI is InChI=1S/C9H9N5O3S/c10-7-2-1-6(3-8(7)18(15,16)17)14-9-12-4-11-5-13-9/h1-5H,10H2,(H,15,16,17)(H,11,12,13,14). The van der Waals surface area contributed by atoms with Crippen molar-refractivity contribution < 1.29 is 13.0 Å². The van der Waals surface area contributed by atoms with Crippen molar-refractivity contribution in [2.24, 2.45) is 0 Å². The van der Waals surface area contributed by atoms with Crippen LogP contribution in [0.5, 0.6) is 0 Å². The minimum Gasteiger partial charge on any atom is -0.398 e. The van der Waals surface area contributed by atoms with Gasteiger partial charge in [-0.15, -0.1) is 0 Å². The molecule has 1 aromatic carbocycles. The first kappa shape index (κ1) is 12.2. The molecule has 0 aliphatic rings. The highest BCUT2D eigenvalue weighted by atomic mass is 32.2. The van der Waals surface area contributed by atoms with E-state index in [1.807, 2.05) is 0 Å². The molecule has 94 valence electrons. The molecule has 2 rings (SSSR count). The molecule has 2 aromatic rings. The first-order chi connectivity index (χ1) is 8.47. The maximum Gasteiger partial charge on any atom is 0.296 e. The Kier molecular flexibility index (Phi) is 3.08. The lowest BCUT2D eigenvalue weighted by atomic mass is 10.3. The van der Waals surface area contributed by atoms with Gasteiger partial charge in [0, 0.05) is 5.69 Å². The summed E-state index contributed by atoms with van der Waals surface area (Å²) < 4.78 is 31.1. The second kappa shape index (κ2) is 4.55. The molecular formula is C9H9N5O3S. The highest BCUT2D eigenvalue weighted by Gasteiger charge is 2.14. The molecule has 0 radical (unpaired) electrons. The molecule has 0 amide bonds. The maximum atomic E-state index is 11.1. The number of nitrogens with zero attached hydrogens (tertiary/aromatic N) is 3. The number of aromatic nitrogens is 3. The van der Waals surface area contributed by atoms with Crippen LogP contribution in [0.15, 0.2) is 35.7 Å². The number of hydrogen-bond acceptors (Lipinski definition) is 7. The lowest BCUT2D eigenvalue weighted by Gasteiger charge is -2.07. The molecule has 9 heteroatoms. The van der Waals surface area contributed by atoms with Crippen molar-refractivity contribution in [1.82, 2.24) is 15.0 Å². The van der Waals surface area contributed by atoms with Gasteiger partial charge < -0.3 is 11.1 Å². The third-order valence-electron chi connectivity index (χ3n) is 2.04. The van der Waals surface area contributed by atoms with Gasteiger partial charge in [-0.2, -0.15) is 8.42 Å². The van der Waals surface area contributed by atoms with Crippen LogP contribution in [-0.4, -0.2) is 27.9 Å². The van der Waals surface area contributed by atoms with Crippen molar-refractivity contribution in [2.75, 3.05) is 11.1 Å². The molecule has 0 atom stereocenters. The quantitative estimate of drug-likeness (QED) is 0.539. The van der Waals surface area contributed by atoms with E-state index in [0.29, 0.717) is 5.69 Å². The summed E-state index contributed by atoms with van der Waals surface area (Å²) in [7, 11) is -4.37. The zero-order chi connectivity index (χ0) is 13.2. The number of hydrogen-bond donors (Lipinski definition) is 3. The van der Waals surface area contributed by atoms with Gasteiger partial charge in [0.25, 0.3) is 10.1 Å². The molecule has 0 aliphatic carbocycles. The van der Waals surface area contributed by atoms with Gasteiger partial charge in [-0.3, -0.25) is 4.55 Å². The summed E-state index contributed by atoms with van der Waals surface area (Å²) in [5.74, 6) is 0.246. The summed E-state index contributed by atoms with van der Waals surface area (Å²) in [5.41, 5.74) is 5.80. The van der Waals surface area contributed by atoms with E-state index in [-0.39, 0.29) is 16.5 Å². The maximum absolute atomic E-state index is 11.1. The van der Waals surface area contributed by atoms with E-state index in [2.05, 4.69) is 20.3 Å².